The van der Waals surface area contributed by atoms with Gasteiger partial charge in [-0.3, -0.25) is 0 Å². The summed E-state index contributed by atoms with van der Waals surface area (Å²) in [6.45, 7) is 1.64. The molecule has 1 aliphatic heterocycles. The molecule has 1 atom stereocenters. The average molecular weight is 313 g/mol. The van der Waals surface area contributed by atoms with E-state index in [1.54, 1.807) is 12.3 Å². The van der Waals surface area contributed by atoms with Crippen LogP contribution in [-0.4, -0.2) is 49.2 Å². The highest BCUT2D eigenvalue weighted by molar-refractivity contribution is 7.89. The molecule has 3 rings (SSSR count). The predicted molar refractivity (Wildman–Crippen MR) is 79.5 cm³/mol. The van der Waals surface area contributed by atoms with Crippen molar-refractivity contribution in [1.29, 1.82) is 0 Å². The fourth-order valence-electron chi connectivity index (χ4n) is 3.01. The summed E-state index contributed by atoms with van der Waals surface area (Å²) in [5, 5.41) is 9.39. The Balaban J connectivity index is 1.77. The lowest BCUT2D eigenvalue weighted by Gasteiger charge is -2.29. The van der Waals surface area contributed by atoms with Crippen molar-refractivity contribution in [2.45, 2.75) is 49.3 Å². The monoisotopic (exact) mass is 313 g/mol. The van der Waals surface area contributed by atoms with Crippen LogP contribution in [-0.2, 0) is 16.6 Å². The lowest BCUT2D eigenvalue weighted by molar-refractivity contribution is 0.242. The minimum absolute atomic E-state index is 0.0319. The van der Waals surface area contributed by atoms with Gasteiger partial charge in [0.05, 0.1) is 11.5 Å². The van der Waals surface area contributed by atoms with Crippen molar-refractivity contribution in [3.8, 4) is 0 Å². The molecule has 1 saturated heterocycles. The van der Waals surface area contributed by atoms with E-state index >= 15 is 0 Å². The van der Waals surface area contributed by atoms with Crippen LogP contribution in [0.15, 0.2) is 17.2 Å². The molecule has 7 heteroatoms. The maximum Gasteiger partial charge on any atom is 0.242 e. The van der Waals surface area contributed by atoms with Gasteiger partial charge < -0.3 is 14.6 Å². The molecule has 6 nitrogen and oxygen atoms in total. The molecule has 2 heterocycles. The smallest absolute Gasteiger partial charge is 0.242 e. The summed E-state index contributed by atoms with van der Waals surface area (Å²) >= 11 is 0. The molecular formula is C14H23N3O3S. The Kier molecular flexibility index (Phi) is 4.09. The van der Waals surface area contributed by atoms with Gasteiger partial charge in [0.2, 0.25) is 10.0 Å². The third-order valence-corrected chi connectivity index (χ3v) is 5.75. The number of sulfonamides is 1. The second-order valence-electron chi connectivity index (χ2n) is 6.19. The van der Waals surface area contributed by atoms with Gasteiger partial charge >= 0.3 is 0 Å². The maximum absolute atomic E-state index is 12.5. The van der Waals surface area contributed by atoms with Crippen molar-refractivity contribution in [2.24, 2.45) is 0 Å². The van der Waals surface area contributed by atoms with Crippen LogP contribution in [0.5, 0.6) is 0 Å². The van der Waals surface area contributed by atoms with E-state index in [2.05, 4.69) is 9.62 Å². The van der Waals surface area contributed by atoms with E-state index in [0.717, 1.165) is 38.8 Å². The van der Waals surface area contributed by atoms with Crippen LogP contribution < -0.4 is 4.72 Å². The fourth-order valence-corrected chi connectivity index (χ4v) is 4.32. The van der Waals surface area contributed by atoms with Crippen molar-refractivity contribution in [3.05, 3.63) is 18.0 Å². The van der Waals surface area contributed by atoms with Gasteiger partial charge in [0.15, 0.2) is 0 Å². The minimum atomic E-state index is -3.51. The van der Waals surface area contributed by atoms with E-state index in [9.17, 15) is 13.5 Å². The lowest BCUT2D eigenvalue weighted by Crippen LogP contribution is -2.46. The van der Waals surface area contributed by atoms with Crippen LogP contribution in [0.1, 0.15) is 37.4 Å². The van der Waals surface area contributed by atoms with Crippen LogP contribution in [0.3, 0.4) is 0 Å². The van der Waals surface area contributed by atoms with E-state index in [-0.39, 0.29) is 17.5 Å². The van der Waals surface area contributed by atoms with E-state index in [1.165, 1.54) is 0 Å². The first-order valence-electron chi connectivity index (χ1n) is 7.52. The van der Waals surface area contributed by atoms with Crippen LogP contribution >= 0.6 is 0 Å². The van der Waals surface area contributed by atoms with Gasteiger partial charge in [0, 0.05) is 30.5 Å². The highest BCUT2D eigenvalue weighted by atomic mass is 32.2. The summed E-state index contributed by atoms with van der Waals surface area (Å²) in [7, 11) is -1.50. The molecule has 118 valence electrons. The van der Waals surface area contributed by atoms with Crippen molar-refractivity contribution in [3.63, 3.8) is 0 Å². The molecule has 1 unspecified atom stereocenters. The molecule has 2 aliphatic rings. The minimum Gasteiger partial charge on any atom is -0.390 e. The maximum atomic E-state index is 12.5. The Morgan fingerprint density at radius 2 is 2.14 bits per heavy atom. The third-order valence-electron chi connectivity index (χ3n) is 4.27. The number of aromatic nitrogens is 1. The molecule has 1 aromatic rings. The molecule has 1 aromatic heterocycles. The van der Waals surface area contributed by atoms with Gasteiger partial charge in [0.1, 0.15) is 0 Å². The third kappa shape index (κ3) is 3.31. The topological polar surface area (TPSA) is 74.6 Å². The Hall–Kier alpha value is -0.890. The van der Waals surface area contributed by atoms with Gasteiger partial charge in [0.25, 0.3) is 0 Å². The van der Waals surface area contributed by atoms with E-state index in [0.29, 0.717) is 11.7 Å². The molecule has 21 heavy (non-hydrogen) atoms. The standard InChI is InChI=1S/C14H23N3O3S/c1-16-6-2-3-11(8-16)15-21(19,20)14-7-13(10-18)17(9-14)12-4-5-12/h7,9,11-12,15,18H,2-6,8,10H2,1H3. The lowest BCUT2D eigenvalue weighted by atomic mass is 10.1. The zero-order chi connectivity index (χ0) is 15.0. The zero-order valence-corrected chi connectivity index (χ0v) is 13.1. The number of piperidine rings is 1. The number of hydrogen-bond acceptors (Lipinski definition) is 4. The summed E-state index contributed by atoms with van der Waals surface area (Å²) in [6.07, 6.45) is 5.66. The largest absolute Gasteiger partial charge is 0.390 e. The molecule has 0 amide bonds. The molecule has 0 radical (unpaired) electrons. The summed E-state index contributed by atoms with van der Waals surface area (Å²) in [5.41, 5.74) is 0.679. The van der Waals surface area contributed by atoms with Gasteiger partial charge in [-0.2, -0.15) is 0 Å². The molecule has 0 bridgehead atoms. The van der Waals surface area contributed by atoms with E-state index < -0.39 is 10.0 Å². The number of likely N-dealkylation sites (N-methyl/N-ethyl adjacent to an activating group) is 1. The Labute approximate surface area is 125 Å². The average Bonchev–Trinajstić information content (AvgIpc) is 3.16. The molecular weight excluding hydrogens is 290 g/mol. The number of rotatable bonds is 5. The van der Waals surface area contributed by atoms with Crippen molar-refractivity contribution < 1.29 is 13.5 Å². The molecule has 0 aromatic carbocycles. The second kappa shape index (κ2) is 5.72. The first-order chi connectivity index (χ1) is 9.99. The molecule has 2 fully saturated rings. The highest BCUT2D eigenvalue weighted by Crippen LogP contribution is 2.37. The quantitative estimate of drug-likeness (QED) is 0.839. The summed E-state index contributed by atoms with van der Waals surface area (Å²) in [4.78, 5) is 2.41. The summed E-state index contributed by atoms with van der Waals surface area (Å²) in [5.74, 6) is 0. The Bertz CT molecular complexity index is 607. The highest BCUT2D eigenvalue weighted by Gasteiger charge is 2.29. The number of likely N-dealkylation sites (tertiary alicyclic amines) is 1. The first-order valence-corrected chi connectivity index (χ1v) is 9.00. The van der Waals surface area contributed by atoms with Gasteiger partial charge in [-0.15, -0.1) is 0 Å². The first kappa shape index (κ1) is 15.0. The normalized spacial score (nSPS) is 24.4. The number of nitrogens with zero attached hydrogens (tertiary/aromatic N) is 2. The van der Waals surface area contributed by atoms with Crippen molar-refractivity contribution in [2.75, 3.05) is 20.1 Å². The second-order valence-corrected chi connectivity index (χ2v) is 7.90. The Morgan fingerprint density at radius 3 is 2.76 bits per heavy atom. The summed E-state index contributed by atoms with van der Waals surface area (Å²) < 4.78 is 29.7. The fraction of sp³-hybridized carbons (Fsp3) is 0.714. The predicted octanol–water partition coefficient (Wildman–Crippen LogP) is 0.688. The van der Waals surface area contributed by atoms with Crippen molar-refractivity contribution in [1.82, 2.24) is 14.2 Å². The summed E-state index contributed by atoms with van der Waals surface area (Å²) in [6, 6.07) is 1.92. The van der Waals surface area contributed by atoms with E-state index in [1.807, 2.05) is 11.6 Å². The molecule has 1 aliphatic carbocycles. The molecule has 0 spiro atoms. The zero-order valence-electron chi connectivity index (χ0n) is 12.3. The Morgan fingerprint density at radius 1 is 1.38 bits per heavy atom. The number of aliphatic hydroxyl groups is 1. The number of hydrogen-bond donors (Lipinski definition) is 2. The van der Waals surface area contributed by atoms with E-state index in [4.69, 9.17) is 0 Å². The number of nitrogens with one attached hydrogen (secondary N) is 1. The number of aliphatic hydroxyl groups excluding tert-OH is 1. The van der Waals surface area contributed by atoms with Gasteiger partial charge in [-0.1, -0.05) is 0 Å². The van der Waals surface area contributed by atoms with Crippen LogP contribution in [0, 0.1) is 0 Å². The molecule has 2 N–H and O–H groups in total. The van der Waals surface area contributed by atoms with Crippen LogP contribution in [0.25, 0.3) is 0 Å². The van der Waals surface area contributed by atoms with Gasteiger partial charge in [-0.25, -0.2) is 13.1 Å². The van der Waals surface area contributed by atoms with Gasteiger partial charge in [-0.05, 0) is 45.3 Å². The van der Waals surface area contributed by atoms with Crippen LogP contribution in [0.2, 0.25) is 0 Å². The van der Waals surface area contributed by atoms with Crippen LogP contribution in [0.4, 0.5) is 0 Å². The molecule has 1 saturated carbocycles. The SMILES string of the molecule is CN1CCCC(NS(=O)(=O)c2cc(CO)n(C3CC3)c2)C1. The van der Waals surface area contributed by atoms with Crippen molar-refractivity contribution >= 4 is 10.0 Å².